The Morgan fingerprint density at radius 1 is 0.282 bits per heavy atom. The lowest BCUT2D eigenvalue weighted by Gasteiger charge is -2.21. The van der Waals surface area contributed by atoms with Crippen molar-refractivity contribution in [3.8, 4) is 0 Å². The van der Waals surface area contributed by atoms with Crippen LogP contribution < -0.4 is 0 Å². The summed E-state index contributed by atoms with van der Waals surface area (Å²) >= 11 is 0. The van der Waals surface area contributed by atoms with Crippen molar-refractivity contribution in [2.45, 2.75) is 464 Å². The van der Waals surface area contributed by atoms with Crippen LogP contribution in [0.3, 0.4) is 0 Å². The van der Waals surface area contributed by atoms with Crippen LogP contribution in [-0.4, -0.2) is 96.7 Å². The molecule has 0 aliphatic carbocycles. The van der Waals surface area contributed by atoms with Crippen molar-refractivity contribution < 1.29 is 80.2 Å². The fourth-order valence-corrected chi connectivity index (χ4v) is 14.6. The first kappa shape index (κ1) is 101. The Balaban J connectivity index is 5.19. The Hall–Kier alpha value is -1.94. The van der Waals surface area contributed by atoms with Gasteiger partial charge in [0.25, 0.3) is 0 Å². The van der Waals surface area contributed by atoms with Crippen LogP contribution in [0.4, 0.5) is 0 Å². The molecule has 19 heteroatoms. The van der Waals surface area contributed by atoms with Gasteiger partial charge >= 0.3 is 39.5 Å². The maximum absolute atomic E-state index is 13.1. The summed E-state index contributed by atoms with van der Waals surface area (Å²) in [5, 5.41) is 10.6. The Morgan fingerprint density at radius 3 is 0.738 bits per heavy atom. The molecule has 103 heavy (non-hydrogen) atoms. The van der Waals surface area contributed by atoms with E-state index in [1.165, 1.54) is 257 Å². The number of aliphatic hydroxyl groups is 1. The van der Waals surface area contributed by atoms with Crippen LogP contribution in [0.25, 0.3) is 0 Å². The predicted octanol–water partition coefficient (Wildman–Crippen LogP) is 25.5. The first-order chi connectivity index (χ1) is 49.9. The molecule has 0 saturated heterocycles. The molecule has 612 valence electrons. The minimum atomic E-state index is -4.96. The summed E-state index contributed by atoms with van der Waals surface area (Å²) < 4.78 is 68.7. The second-order valence-corrected chi connectivity index (χ2v) is 33.8. The van der Waals surface area contributed by atoms with Crippen molar-refractivity contribution in [2.75, 3.05) is 39.6 Å². The van der Waals surface area contributed by atoms with Crippen LogP contribution in [-0.2, 0) is 65.4 Å². The van der Waals surface area contributed by atoms with Gasteiger partial charge in [-0.3, -0.25) is 37.3 Å². The molecule has 0 amide bonds. The Bertz CT molecular complexity index is 1980. The SMILES string of the molecule is CCCCCCCCCCCCCCCCCC(=O)O[C@H](COC(=O)CCCCCCCCCC)COP(=O)(O)OC[C@H](O)COP(=O)(O)OC[C@@H](COC(=O)CCCCCCCCCCCCCCCCCC(C)C)OC(=O)CCCCCCCCCCCCCCCCCCCCC(C)CC. The Morgan fingerprint density at radius 2 is 0.495 bits per heavy atom. The monoisotopic (exact) mass is 1510 g/mol. The molecule has 3 unspecified atom stereocenters. The highest BCUT2D eigenvalue weighted by Gasteiger charge is 2.30. The number of phosphoric acid groups is 2. The third-order valence-corrected chi connectivity index (χ3v) is 22.0. The second-order valence-electron chi connectivity index (χ2n) is 30.9. The Labute approximate surface area is 632 Å². The highest BCUT2D eigenvalue weighted by atomic mass is 31.2. The van der Waals surface area contributed by atoms with Gasteiger partial charge in [0.15, 0.2) is 12.2 Å². The zero-order valence-corrected chi connectivity index (χ0v) is 69.4. The van der Waals surface area contributed by atoms with Crippen molar-refractivity contribution in [1.82, 2.24) is 0 Å². The van der Waals surface area contributed by atoms with Crippen LogP contribution in [0.15, 0.2) is 0 Å². The molecule has 0 aromatic rings. The molecular weight excluding hydrogens is 1340 g/mol. The number of hydrogen-bond acceptors (Lipinski definition) is 15. The normalized spacial score (nSPS) is 14.1. The molecule has 0 aromatic carbocycles. The van der Waals surface area contributed by atoms with E-state index in [1.807, 2.05) is 0 Å². The molecular formula is C84H164O17P2. The third kappa shape index (κ3) is 76.6. The lowest BCUT2D eigenvalue weighted by Crippen LogP contribution is -2.30. The van der Waals surface area contributed by atoms with Gasteiger partial charge in [0.1, 0.15) is 19.3 Å². The van der Waals surface area contributed by atoms with Gasteiger partial charge in [0, 0.05) is 25.7 Å². The molecule has 0 aromatic heterocycles. The maximum Gasteiger partial charge on any atom is 0.472 e. The average Bonchev–Trinajstić information content (AvgIpc) is 0.962. The minimum absolute atomic E-state index is 0.108. The van der Waals surface area contributed by atoms with Gasteiger partial charge in [0.05, 0.1) is 26.4 Å². The smallest absolute Gasteiger partial charge is 0.462 e. The topological polar surface area (TPSA) is 237 Å². The van der Waals surface area contributed by atoms with Crippen LogP contribution in [0, 0.1) is 11.8 Å². The largest absolute Gasteiger partial charge is 0.472 e. The van der Waals surface area contributed by atoms with E-state index in [0.717, 1.165) is 108 Å². The van der Waals surface area contributed by atoms with Crippen molar-refractivity contribution in [2.24, 2.45) is 11.8 Å². The van der Waals surface area contributed by atoms with Crippen LogP contribution in [0.5, 0.6) is 0 Å². The van der Waals surface area contributed by atoms with Gasteiger partial charge in [-0.25, -0.2) is 9.13 Å². The quantitative estimate of drug-likeness (QED) is 0.0222. The lowest BCUT2D eigenvalue weighted by molar-refractivity contribution is -0.161. The molecule has 17 nitrogen and oxygen atoms in total. The summed E-state index contributed by atoms with van der Waals surface area (Å²) in [5.74, 6) is -0.429. The first-order valence-corrected chi connectivity index (χ1v) is 46.5. The van der Waals surface area contributed by atoms with Crippen molar-refractivity contribution in [3.63, 3.8) is 0 Å². The standard InChI is InChI=1S/C84H164O17P2/c1-7-10-12-14-16-18-19-20-26-34-39-44-50-56-62-68-83(88)100-79(72-94-81(86)66-60-54-48-17-15-13-11-8-2)74-98-102(90,91)96-70-78(85)71-97-103(92,93)99-75-80(73-95-82(87)67-61-55-49-43-38-33-30-25-27-31-36-41-46-52-58-64-76(4)5)101-84(89)69-63-57-51-45-40-35-29-24-22-21-23-28-32-37-42-47-53-59-65-77(6)9-3/h76-80,85H,7-75H2,1-6H3,(H,90,91)(H,92,93)/t77?,78-,79+,80+/m0/s1. The molecule has 0 spiro atoms. The predicted molar refractivity (Wildman–Crippen MR) is 423 cm³/mol. The van der Waals surface area contributed by atoms with Gasteiger partial charge in [-0.2, -0.15) is 0 Å². The lowest BCUT2D eigenvalue weighted by atomic mass is 9.99. The van der Waals surface area contributed by atoms with Gasteiger partial charge < -0.3 is 33.8 Å². The van der Waals surface area contributed by atoms with Gasteiger partial charge in [-0.05, 0) is 37.5 Å². The highest BCUT2D eigenvalue weighted by molar-refractivity contribution is 7.47. The number of hydrogen-bond donors (Lipinski definition) is 3. The van der Waals surface area contributed by atoms with E-state index in [0.29, 0.717) is 25.7 Å². The maximum atomic E-state index is 13.1. The second kappa shape index (κ2) is 75.5. The number of rotatable bonds is 83. The van der Waals surface area contributed by atoms with E-state index in [-0.39, 0.29) is 25.7 Å². The number of phosphoric ester groups is 2. The van der Waals surface area contributed by atoms with Crippen LogP contribution >= 0.6 is 15.6 Å². The van der Waals surface area contributed by atoms with Crippen molar-refractivity contribution in [1.29, 1.82) is 0 Å². The van der Waals surface area contributed by atoms with Crippen LogP contribution in [0.2, 0.25) is 0 Å². The van der Waals surface area contributed by atoms with E-state index in [2.05, 4.69) is 41.5 Å². The van der Waals surface area contributed by atoms with E-state index in [4.69, 9.17) is 37.0 Å². The molecule has 0 aliphatic rings. The molecule has 0 heterocycles. The van der Waals surface area contributed by atoms with Crippen molar-refractivity contribution in [3.05, 3.63) is 0 Å². The Kier molecular flexibility index (Phi) is 74.1. The van der Waals surface area contributed by atoms with Gasteiger partial charge in [0.2, 0.25) is 0 Å². The minimum Gasteiger partial charge on any atom is -0.462 e. The van der Waals surface area contributed by atoms with Gasteiger partial charge in [-0.1, -0.05) is 395 Å². The van der Waals surface area contributed by atoms with Gasteiger partial charge in [-0.15, -0.1) is 0 Å². The average molecular weight is 1510 g/mol. The molecule has 0 bridgehead atoms. The summed E-state index contributed by atoms with van der Waals surface area (Å²) in [4.78, 5) is 73.0. The summed E-state index contributed by atoms with van der Waals surface area (Å²) in [6, 6.07) is 0. The summed E-state index contributed by atoms with van der Waals surface area (Å²) in [6.07, 6.45) is 66.7. The summed E-state index contributed by atoms with van der Waals surface area (Å²) in [5.41, 5.74) is 0. The number of carbonyl (C=O) groups is 4. The zero-order chi connectivity index (χ0) is 75.6. The molecule has 0 radical (unpaired) electrons. The molecule has 3 N–H and O–H groups in total. The summed E-state index contributed by atoms with van der Waals surface area (Å²) in [7, 11) is -9.92. The van der Waals surface area contributed by atoms with E-state index < -0.39 is 97.5 Å². The first-order valence-electron chi connectivity index (χ1n) is 43.5. The van der Waals surface area contributed by atoms with Crippen molar-refractivity contribution >= 4 is 39.5 Å². The number of unbranched alkanes of at least 4 members (excludes halogenated alkanes) is 52. The van der Waals surface area contributed by atoms with E-state index >= 15 is 0 Å². The number of ether oxygens (including phenoxy) is 4. The number of carbonyl (C=O) groups excluding carboxylic acids is 4. The summed E-state index contributed by atoms with van der Waals surface area (Å²) in [6.45, 7) is 9.73. The van der Waals surface area contributed by atoms with E-state index in [1.54, 1.807) is 0 Å². The number of esters is 4. The third-order valence-electron chi connectivity index (χ3n) is 20.1. The highest BCUT2D eigenvalue weighted by Crippen LogP contribution is 2.45. The molecule has 0 fully saturated rings. The molecule has 6 atom stereocenters. The fraction of sp³-hybridized carbons (Fsp3) is 0.952. The van der Waals surface area contributed by atoms with Crippen LogP contribution in [0.1, 0.15) is 446 Å². The molecule has 0 saturated carbocycles. The van der Waals surface area contributed by atoms with E-state index in [9.17, 15) is 43.2 Å². The zero-order valence-electron chi connectivity index (χ0n) is 67.6. The number of aliphatic hydroxyl groups excluding tert-OH is 1. The molecule has 0 aliphatic heterocycles. The molecule has 0 rings (SSSR count). The fourth-order valence-electron chi connectivity index (χ4n) is 13.0.